The summed E-state index contributed by atoms with van der Waals surface area (Å²) in [5.41, 5.74) is 7.57. The van der Waals surface area contributed by atoms with Crippen molar-refractivity contribution in [3.05, 3.63) is 43.5 Å². The Labute approximate surface area is 138 Å². The number of rotatable bonds is 1. The molecule has 4 atom stereocenters. The van der Waals surface area contributed by atoms with E-state index in [1.807, 2.05) is 10.6 Å². The second-order valence-corrected chi connectivity index (χ2v) is 12.8. The minimum Gasteiger partial charge on any atom is -0.0592 e. The molecule has 0 saturated heterocycles. The lowest BCUT2D eigenvalue weighted by Gasteiger charge is -2.32. The first-order chi connectivity index (χ1) is 10.1. The van der Waals surface area contributed by atoms with E-state index in [0.29, 0.717) is 10.8 Å². The number of hydrogen-bond donors (Lipinski definition) is 0. The van der Waals surface area contributed by atoms with Gasteiger partial charge in [-0.15, -0.1) is 0 Å². The van der Waals surface area contributed by atoms with Crippen molar-refractivity contribution in [3.8, 4) is 0 Å². The third-order valence-corrected chi connectivity index (χ3v) is 14.2. The summed E-state index contributed by atoms with van der Waals surface area (Å²) in [5, 5.41) is 7.14. The van der Waals surface area contributed by atoms with Crippen molar-refractivity contribution in [1.82, 2.24) is 0 Å². The van der Waals surface area contributed by atoms with Crippen molar-refractivity contribution >= 4 is 15.8 Å². The zero-order chi connectivity index (χ0) is 16.2. The molecular formula is C20H28P2. The largest absolute Gasteiger partial charge is 0.0592 e. The van der Waals surface area contributed by atoms with Crippen LogP contribution in [0, 0.1) is 10.8 Å². The van der Waals surface area contributed by atoms with E-state index >= 15 is 0 Å². The molecule has 4 aliphatic heterocycles. The van der Waals surface area contributed by atoms with Gasteiger partial charge < -0.3 is 0 Å². The lowest BCUT2D eigenvalue weighted by atomic mass is 9.76. The molecule has 2 unspecified atom stereocenters. The van der Waals surface area contributed by atoms with Gasteiger partial charge in [0.2, 0.25) is 0 Å². The molecule has 4 bridgehead atoms. The van der Waals surface area contributed by atoms with Crippen LogP contribution in [-0.4, -0.2) is 12.3 Å². The molecule has 0 radical (unpaired) electrons. The Morgan fingerprint density at radius 1 is 0.591 bits per heavy atom. The third-order valence-electron chi connectivity index (χ3n) is 7.63. The molecule has 0 N–H and O–H groups in total. The van der Waals surface area contributed by atoms with Gasteiger partial charge in [0.1, 0.15) is 0 Å². The van der Waals surface area contributed by atoms with Gasteiger partial charge in [0.05, 0.1) is 0 Å². The Bertz CT molecular complexity index is 682. The van der Waals surface area contributed by atoms with E-state index in [1.54, 1.807) is 32.9 Å². The second kappa shape index (κ2) is 4.26. The van der Waals surface area contributed by atoms with Crippen molar-refractivity contribution in [2.24, 2.45) is 10.8 Å². The summed E-state index contributed by atoms with van der Waals surface area (Å²) in [6.07, 6.45) is 2.80. The molecule has 4 aliphatic rings. The maximum Gasteiger partial charge on any atom is 0.0148 e. The molecule has 2 heteroatoms. The van der Waals surface area contributed by atoms with Crippen molar-refractivity contribution in [3.63, 3.8) is 0 Å². The highest BCUT2D eigenvalue weighted by Crippen LogP contribution is 2.82. The van der Waals surface area contributed by atoms with Crippen molar-refractivity contribution in [2.45, 2.75) is 55.4 Å². The molecule has 0 aromatic heterocycles. The highest BCUT2D eigenvalue weighted by molar-refractivity contribution is 7.73. The maximum atomic E-state index is 2.50. The van der Waals surface area contributed by atoms with Crippen LogP contribution in [0.3, 0.4) is 0 Å². The first-order valence-corrected chi connectivity index (χ1v) is 11.5. The standard InChI is InChI=1S/C20H28P2/c1-11-15(5)21-9-19(11,7)13(3)17(21)18-14(4)20(8)10-22(18)16(6)12(20)2/h9-10H2,1-8H3/t19-,20+,21?,22?. The molecule has 0 spiro atoms. The fourth-order valence-electron chi connectivity index (χ4n) is 5.14. The monoisotopic (exact) mass is 330 g/mol. The molecule has 0 saturated carbocycles. The minimum atomic E-state index is -0.0309. The molecule has 0 aromatic carbocycles. The minimum absolute atomic E-state index is 0.0309. The summed E-state index contributed by atoms with van der Waals surface area (Å²) in [6, 6.07) is 0. The van der Waals surface area contributed by atoms with Crippen molar-refractivity contribution < 1.29 is 0 Å². The Morgan fingerprint density at radius 2 is 0.909 bits per heavy atom. The highest BCUT2D eigenvalue weighted by Gasteiger charge is 2.55. The fourth-order valence-corrected chi connectivity index (χ4v) is 13.0. The Hall–Kier alpha value is -0.180. The number of fused-ring (bicyclic) bond motifs is 4. The SMILES string of the molecule is CC1=C(C)[C@]2(C)CP1C(C1=C(C)[C@]3(C)CP1C(C)=C3C)=C2C. The summed E-state index contributed by atoms with van der Waals surface area (Å²) in [5.74, 6) is 0. The zero-order valence-electron chi connectivity index (χ0n) is 15.3. The van der Waals surface area contributed by atoms with Crippen LogP contribution in [0.5, 0.6) is 0 Å². The third kappa shape index (κ3) is 1.44. The maximum absolute atomic E-state index is 2.50. The molecule has 118 valence electrons. The van der Waals surface area contributed by atoms with E-state index in [1.165, 1.54) is 12.3 Å². The quantitative estimate of drug-likeness (QED) is 0.448. The van der Waals surface area contributed by atoms with Gasteiger partial charge in [-0.25, -0.2) is 0 Å². The van der Waals surface area contributed by atoms with E-state index < -0.39 is 0 Å². The lowest BCUT2D eigenvalue weighted by Crippen LogP contribution is -2.19. The predicted octanol–water partition coefficient (Wildman–Crippen LogP) is 7.15. The number of hydrogen-bond acceptors (Lipinski definition) is 0. The zero-order valence-corrected chi connectivity index (χ0v) is 17.1. The van der Waals surface area contributed by atoms with Gasteiger partial charge >= 0.3 is 0 Å². The van der Waals surface area contributed by atoms with E-state index in [-0.39, 0.29) is 15.8 Å². The summed E-state index contributed by atoms with van der Waals surface area (Å²) in [4.78, 5) is 0. The predicted molar refractivity (Wildman–Crippen MR) is 102 cm³/mol. The van der Waals surface area contributed by atoms with Crippen LogP contribution in [0.4, 0.5) is 0 Å². The van der Waals surface area contributed by atoms with Gasteiger partial charge in [-0.05, 0) is 91.0 Å². The van der Waals surface area contributed by atoms with Crippen molar-refractivity contribution in [1.29, 1.82) is 0 Å². The molecular weight excluding hydrogens is 302 g/mol. The van der Waals surface area contributed by atoms with Crippen LogP contribution in [0.2, 0.25) is 0 Å². The Kier molecular flexibility index (Phi) is 2.97. The van der Waals surface area contributed by atoms with Gasteiger partial charge in [0.15, 0.2) is 0 Å². The van der Waals surface area contributed by atoms with E-state index in [4.69, 9.17) is 0 Å². The summed E-state index contributed by atoms with van der Waals surface area (Å²) >= 11 is 0. The van der Waals surface area contributed by atoms with Gasteiger partial charge in [-0.2, -0.15) is 0 Å². The van der Waals surface area contributed by atoms with Crippen LogP contribution >= 0.6 is 15.8 Å². The van der Waals surface area contributed by atoms with Gasteiger partial charge in [0.25, 0.3) is 0 Å². The van der Waals surface area contributed by atoms with Gasteiger partial charge in [-0.1, -0.05) is 36.1 Å². The van der Waals surface area contributed by atoms with Gasteiger partial charge in [-0.3, -0.25) is 0 Å². The average Bonchev–Trinajstić information content (AvgIpc) is 3.05. The van der Waals surface area contributed by atoms with Crippen LogP contribution in [-0.2, 0) is 0 Å². The lowest BCUT2D eigenvalue weighted by molar-refractivity contribution is 0.557. The molecule has 4 heterocycles. The normalized spacial score (nSPS) is 43.6. The molecule has 0 aromatic rings. The van der Waals surface area contributed by atoms with Crippen LogP contribution < -0.4 is 0 Å². The molecule has 0 amide bonds. The van der Waals surface area contributed by atoms with Crippen LogP contribution in [0.25, 0.3) is 0 Å². The molecule has 0 fully saturated rings. The first kappa shape index (κ1) is 15.4. The van der Waals surface area contributed by atoms with Crippen LogP contribution in [0.1, 0.15) is 55.4 Å². The summed E-state index contributed by atoms with van der Waals surface area (Å²) < 4.78 is 0. The van der Waals surface area contributed by atoms with Crippen molar-refractivity contribution in [2.75, 3.05) is 12.3 Å². The smallest absolute Gasteiger partial charge is 0.0148 e. The summed E-state index contributed by atoms with van der Waals surface area (Å²) in [7, 11) is -0.0618. The molecule has 0 nitrogen and oxygen atoms in total. The Morgan fingerprint density at radius 3 is 1.18 bits per heavy atom. The fraction of sp³-hybridized carbons (Fsp3) is 0.600. The first-order valence-electron chi connectivity index (χ1n) is 8.48. The van der Waals surface area contributed by atoms with E-state index in [9.17, 15) is 0 Å². The number of allylic oxidation sites excluding steroid dienone is 8. The average molecular weight is 330 g/mol. The molecule has 4 rings (SSSR count). The van der Waals surface area contributed by atoms with Crippen LogP contribution in [0.15, 0.2) is 43.5 Å². The van der Waals surface area contributed by atoms with E-state index in [2.05, 4.69) is 55.4 Å². The topological polar surface area (TPSA) is 0 Å². The van der Waals surface area contributed by atoms with Gasteiger partial charge in [0, 0.05) is 10.8 Å². The molecule has 22 heavy (non-hydrogen) atoms. The van der Waals surface area contributed by atoms with E-state index in [0.717, 1.165) is 0 Å². The highest BCUT2D eigenvalue weighted by atomic mass is 31.1. The summed E-state index contributed by atoms with van der Waals surface area (Å²) in [6.45, 7) is 19.5. The second-order valence-electron chi connectivity index (χ2n) is 8.20. The Balaban J connectivity index is 1.90. The molecule has 0 aliphatic carbocycles.